The molecular weight excluding hydrogens is 552 g/mol. The maximum atomic E-state index is 13.3. The molecule has 0 saturated carbocycles. The Balaban J connectivity index is 1.51. The number of amides is 3. The highest BCUT2D eigenvalue weighted by Gasteiger charge is 2.28. The van der Waals surface area contributed by atoms with Crippen molar-refractivity contribution in [2.75, 3.05) is 7.11 Å². The van der Waals surface area contributed by atoms with E-state index in [1.807, 2.05) is 36.5 Å². The topological polar surface area (TPSA) is 154 Å². The number of hydrogen-bond acceptors (Lipinski definition) is 8. The molecule has 1 aromatic heterocycles. The van der Waals surface area contributed by atoms with Gasteiger partial charge in [0, 0.05) is 25.8 Å². The average molecular weight is 591 g/mol. The van der Waals surface area contributed by atoms with Crippen LogP contribution < -0.4 is 20.7 Å². The lowest BCUT2D eigenvalue weighted by Crippen LogP contribution is -2.55. The van der Waals surface area contributed by atoms with Gasteiger partial charge in [-0.1, -0.05) is 54.1 Å². The highest BCUT2D eigenvalue weighted by molar-refractivity contribution is 5.93. The number of nitrogens with zero attached hydrogens (tertiary/aromatic N) is 3. The maximum Gasteiger partial charge on any atom is 0.328 e. The molecule has 2 aromatic carbocycles. The summed E-state index contributed by atoms with van der Waals surface area (Å²) < 4.78 is 12.5. The van der Waals surface area contributed by atoms with E-state index in [1.54, 1.807) is 28.9 Å². The molecule has 0 spiro atoms. The van der Waals surface area contributed by atoms with Crippen molar-refractivity contribution in [3.05, 3.63) is 77.6 Å². The minimum absolute atomic E-state index is 0.167. The Morgan fingerprint density at radius 2 is 1.74 bits per heavy atom. The minimum Gasteiger partial charge on any atom is -0.487 e. The van der Waals surface area contributed by atoms with Crippen LogP contribution in [0.3, 0.4) is 0 Å². The van der Waals surface area contributed by atoms with Gasteiger partial charge in [0.05, 0.1) is 13.3 Å². The third-order valence-corrected chi connectivity index (χ3v) is 7.12. The van der Waals surface area contributed by atoms with E-state index in [9.17, 15) is 19.2 Å². The van der Waals surface area contributed by atoms with Crippen LogP contribution in [0, 0.1) is 0 Å². The molecule has 228 valence electrons. The Kier molecular flexibility index (Phi) is 11.2. The van der Waals surface area contributed by atoms with Gasteiger partial charge in [-0.05, 0) is 43.0 Å². The molecule has 2 aliphatic rings. The van der Waals surface area contributed by atoms with E-state index >= 15 is 0 Å². The molecule has 12 heteroatoms. The smallest absolute Gasteiger partial charge is 0.328 e. The quantitative estimate of drug-likeness (QED) is 0.309. The lowest BCUT2D eigenvalue weighted by Gasteiger charge is -2.23. The molecule has 3 atom stereocenters. The second kappa shape index (κ2) is 15.5. The van der Waals surface area contributed by atoms with Gasteiger partial charge in [-0.15, -0.1) is 5.10 Å². The Bertz CT molecular complexity index is 1380. The Labute approximate surface area is 250 Å². The lowest BCUT2D eigenvalue weighted by atomic mass is 10.0. The van der Waals surface area contributed by atoms with Crippen LogP contribution >= 0.6 is 0 Å². The Morgan fingerprint density at radius 3 is 2.49 bits per heavy atom. The number of esters is 1. The van der Waals surface area contributed by atoms with Crippen LogP contribution in [0.15, 0.2) is 60.8 Å². The molecule has 5 rings (SSSR count). The molecule has 0 fully saturated rings. The monoisotopic (exact) mass is 590 g/mol. The summed E-state index contributed by atoms with van der Waals surface area (Å²) in [5.74, 6) is -1.31. The first-order valence-corrected chi connectivity index (χ1v) is 14.4. The van der Waals surface area contributed by atoms with E-state index in [1.165, 1.54) is 14.0 Å². The van der Waals surface area contributed by atoms with Crippen LogP contribution in [-0.4, -0.2) is 63.9 Å². The number of fused-ring (bicyclic) bond motifs is 17. The van der Waals surface area contributed by atoms with Crippen molar-refractivity contribution in [1.82, 2.24) is 30.9 Å². The molecule has 3 heterocycles. The summed E-state index contributed by atoms with van der Waals surface area (Å²) in [6.45, 7) is 2.42. The van der Waals surface area contributed by atoms with Crippen LogP contribution in [0.4, 0.5) is 0 Å². The van der Waals surface area contributed by atoms with Gasteiger partial charge in [0.15, 0.2) is 0 Å². The van der Waals surface area contributed by atoms with E-state index in [4.69, 9.17) is 9.47 Å². The molecule has 0 saturated heterocycles. The fourth-order valence-corrected chi connectivity index (χ4v) is 4.70. The van der Waals surface area contributed by atoms with Crippen molar-refractivity contribution in [2.24, 2.45) is 0 Å². The summed E-state index contributed by atoms with van der Waals surface area (Å²) in [4.78, 5) is 51.7. The van der Waals surface area contributed by atoms with Crippen LogP contribution in [0.1, 0.15) is 49.4 Å². The number of ether oxygens (including phenoxy) is 2. The van der Waals surface area contributed by atoms with Gasteiger partial charge in [0.25, 0.3) is 0 Å². The molecular formula is C31H38N6O6. The Morgan fingerprint density at radius 1 is 0.977 bits per heavy atom. The molecule has 43 heavy (non-hydrogen) atoms. The SMILES string of the molecule is COC(=O)[C@@H]1Cc2ccc(cc2)OCc2cn(nn2)CCCCCC(=O)N[C@@H](Cc2ccccc2)C(=O)N[C@@H](C)C(=O)N1. The first-order chi connectivity index (χ1) is 20.8. The summed E-state index contributed by atoms with van der Waals surface area (Å²) in [5, 5.41) is 16.5. The van der Waals surface area contributed by atoms with Crippen molar-refractivity contribution >= 4 is 23.7 Å². The minimum atomic E-state index is -0.982. The molecule has 12 nitrogen and oxygen atoms in total. The van der Waals surface area contributed by atoms with Crippen LogP contribution in [0.25, 0.3) is 0 Å². The highest BCUT2D eigenvalue weighted by atomic mass is 16.5. The number of aryl methyl sites for hydroxylation is 1. The van der Waals surface area contributed by atoms with Gasteiger partial charge < -0.3 is 25.4 Å². The zero-order chi connectivity index (χ0) is 30.6. The highest BCUT2D eigenvalue weighted by Crippen LogP contribution is 2.16. The van der Waals surface area contributed by atoms with Crippen LogP contribution in [0.5, 0.6) is 5.75 Å². The number of carbonyl (C=O) groups excluding carboxylic acids is 4. The van der Waals surface area contributed by atoms with Crippen molar-refractivity contribution in [3.8, 4) is 5.75 Å². The molecule has 3 amide bonds. The van der Waals surface area contributed by atoms with Crippen molar-refractivity contribution in [1.29, 1.82) is 0 Å². The predicted molar refractivity (Wildman–Crippen MR) is 157 cm³/mol. The number of carbonyl (C=O) groups is 4. The number of aromatic nitrogens is 3. The maximum absolute atomic E-state index is 13.3. The first-order valence-electron chi connectivity index (χ1n) is 14.4. The largest absolute Gasteiger partial charge is 0.487 e. The zero-order valence-electron chi connectivity index (χ0n) is 24.5. The third-order valence-electron chi connectivity index (χ3n) is 7.12. The average Bonchev–Trinajstić information content (AvgIpc) is 3.47. The van der Waals surface area contributed by atoms with Crippen molar-refractivity contribution in [3.63, 3.8) is 0 Å². The van der Waals surface area contributed by atoms with Gasteiger partial charge >= 0.3 is 5.97 Å². The van der Waals surface area contributed by atoms with Gasteiger partial charge in [-0.2, -0.15) is 0 Å². The normalized spacial score (nSPS) is 21.0. The summed E-state index contributed by atoms with van der Waals surface area (Å²) >= 11 is 0. The fourth-order valence-electron chi connectivity index (χ4n) is 4.70. The standard InChI is InChI=1S/C31H38N6O6/c1-21-29(39)34-27(31(41)42-2)18-23-12-14-25(15-13-23)43-20-24-19-37(36-35-24)16-8-4-7-11-28(38)33-26(30(40)32-21)17-22-9-5-3-6-10-22/h3,5-6,9-10,12-15,19,21,26-27H,4,7-8,11,16-18,20H2,1-2H3,(H,32,40)(H,33,38)(H,34,39)/t21-,26-,27-/m0/s1. The second-order valence-corrected chi connectivity index (χ2v) is 10.5. The number of methoxy groups -OCH3 is 1. The summed E-state index contributed by atoms with van der Waals surface area (Å²) in [6.07, 6.45) is 4.75. The van der Waals surface area contributed by atoms with Gasteiger partial charge in [0.1, 0.15) is 36.2 Å². The van der Waals surface area contributed by atoms with Gasteiger partial charge in [0.2, 0.25) is 17.7 Å². The summed E-state index contributed by atoms with van der Waals surface area (Å²) in [7, 11) is 1.25. The van der Waals surface area contributed by atoms with E-state index in [0.29, 0.717) is 24.4 Å². The van der Waals surface area contributed by atoms with E-state index < -0.39 is 35.9 Å². The molecule has 2 aliphatic heterocycles. The molecule has 3 aromatic rings. The molecule has 3 N–H and O–H groups in total. The van der Waals surface area contributed by atoms with Crippen molar-refractivity contribution in [2.45, 2.75) is 76.7 Å². The predicted octanol–water partition coefficient (Wildman–Crippen LogP) is 1.86. The zero-order valence-corrected chi connectivity index (χ0v) is 24.5. The number of rotatable bonds is 3. The number of nitrogens with one attached hydrogen (secondary N) is 3. The van der Waals surface area contributed by atoms with E-state index in [0.717, 1.165) is 24.0 Å². The summed E-state index contributed by atoms with van der Waals surface area (Å²) in [5.41, 5.74) is 2.32. The number of benzene rings is 2. The second-order valence-electron chi connectivity index (χ2n) is 10.5. The molecule has 0 unspecified atom stereocenters. The van der Waals surface area contributed by atoms with Gasteiger partial charge in [-0.25, -0.2) is 4.79 Å². The lowest BCUT2D eigenvalue weighted by molar-refractivity contribution is -0.145. The van der Waals surface area contributed by atoms with Gasteiger partial charge in [-0.3, -0.25) is 19.1 Å². The third kappa shape index (κ3) is 9.66. The Hall–Kier alpha value is -4.74. The van der Waals surface area contributed by atoms with Crippen LogP contribution in [-0.2, 0) is 49.9 Å². The fraction of sp³-hybridized carbons (Fsp3) is 0.419. The molecule has 0 radical (unpaired) electrons. The van der Waals surface area contributed by atoms with Crippen LogP contribution in [0.2, 0.25) is 0 Å². The summed E-state index contributed by atoms with van der Waals surface area (Å²) in [6, 6.07) is 13.6. The van der Waals surface area contributed by atoms with E-state index in [2.05, 4.69) is 26.3 Å². The molecule has 0 aliphatic carbocycles. The van der Waals surface area contributed by atoms with Crippen molar-refractivity contribution < 1.29 is 28.7 Å². The van der Waals surface area contributed by atoms with E-state index in [-0.39, 0.29) is 31.8 Å². The molecule has 4 bridgehead atoms. The first kappa shape index (κ1) is 31.2. The number of hydrogen-bond donors (Lipinski definition) is 3.